The van der Waals surface area contributed by atoms with Gasteiger partial charge in [0.15, 0.2) is 0 Å². The van der Waals surface area contributed by atoms with E-state index in [9.17, 15) is 0 Å². The van der Waals surface area contributed by atoms with Crippen LogP contribution in [0.5, 0.6) is 0 Å². The lowest BCUT2D eigenvalue weighted by Crippen LogP contribution is -2.37. The van der Waals surface area contributed by atoms with Gasteiger partial charge in [-0.3, -0.25) is 0 Å². The van der Waals surface area contributed by atoms with Crippen molar-refractivity contribution in [3.05, 3.63) is 107 Å². The van der Waals surface area contributed by atoms with E-state index < -0.39 is 0 Å². The summed E-state index contributed by atoms with van der Waals surface area (Å²) in [6, 6.07) is 30.8. The third-order valence-corrected chi connectivity index (χ3v) is 7.57. The van der Waals surface area contributed by atoms with Gasteiger partial charge in [0.05, 0.1) is 0 Å². The van der Waals surface area contributed by atoms with Gasteiger partial charge >= 0.3 is 0 Å². The quantitative estimate of drug-likeness (QED) is 0.645. The van der Waals surface area contributed by atoms with Crippen molar-refractivity contribution in [3.63, 3.8) is 0 Å². The molecule has 0 N–H and O–H groups in total. The van der Waals surface area contributed by atoms with E-state index in [1.807, 2.05) is 0 Å². The molecule has 25 heavy (non-hydrogen) atoms. The zero-order chi connectivity index (χ0) is 16.3. The van der Waals surface area contributed by atoms with Crippen LogP contribution in [0.3, 0.4) is 0 Å². The Balaban J connectivity index is 1.61. The molecular formula is C24H18O. The molecule has 3 aromatic rings. The fourth-order valence-corrected chi connectivity index (χ4v) is 6.54. The minimum atomic E-state index is -0.263. The molecule has 3 aromatic carbocycles. The summed E-state index contributed by atoms with van der Waals surface area (Å²) in [6.07, 6.45) is 2.58. The third-order valence-electron chi connectivity index (χ3n) is 7.57. The summed E-state index contributed by atoms with van der Waals surface area (Å²) in [6.45, 7) is 0. The van der Waals surface area contributed by atoms with Gasteiger partial charge < -0.3 is 4.74 Å². The van der Waals surface area contributed by atoms with E-state index in [2.05, 4.69) is 84.9 Å². The van der Waals surface area contributed by atoms with Crippen molar-refractivity contribution >= 4 is 0 Å². The van der Waals surface area contributed by atoms with Crippen molar-refractivity contribution < 1.29 is 4.74 Å². The van der Waals surface area contributed by atoms with Crippen molar-refractivity contribution in [1.29, 1.82) is 0 Å². The molecule has 0 amide bonds. The molecule has 7 rings (SSSR count). The maximum atomic E-state index is 7.20. The average molecular weight is 322 g/mol. The molecule has 0 spiro atoms. The number of rotatable bonds is 2. The van der Waals surface area contributed by atoms with Crippen LogP contribution in [0.4, 0.5) is 0 Å². The van der Waals surface area contributed by atoms with Gasteiger partial charge in [-0.25, -0.2) is 0 Å². The second-order valence-electron chi connectivity index (χ2n) is 8.26. The first-order chi connectivity index (χ1) is 12.3. The fourth-order valence-electron chi connectivity index (χ4n) is 6.54. The number of hydrogen-bond donors (Lipinski definition) is 0. The number of benzene rings is 3. The van der Waals surface area contributed by atoms with Gasteiger partial charge in [0, 0.05) is 10.8 Å². The molecule has 1 heteroatoms. The summed E-state index contributed by atoms with van der Waals surface area (Å²) in [5, 5.41) is 0. The highest BCUT2D eigenvalue weighted by atomic mass is 16.5. The van der Waals surface area contributed by atoms with Crippen LogP contribution >= 0.6 is 0 Å². The Morgan fingerprint density at radius 1 is 0.520 bits per heavy atom. The van der Waals surface area contributed by atoms with E-state index in [-0.39, 0.29) is 11.2 Å². The maximum Gasteiger partial charge on any atom is 0.126 e. The van der Waals surface area contributed by atoms with Crippen LogP contribution in [0.1, 0.15) is 35.1 Å². The monoisotopic (exact) mass is 322 g/mol. The van der Waals surface area contributed by atoms with Gasteiger partial charge in [-0.05, 0) is 35.1 Å². The van der Waals surface area contributed by atoms with Crippen molar-refractivity contribution in [2.45, 2.75) is 24.0 Å². The Morgan fingerprint density at radius 2 is 0.920 bits per heavy atom. The lowest BCUT2D eigenvalue weighted by molar-refractivity contribution is -0.120. The van der Waals surface area contributed by atoms with Gasteiger partial charge in [0.2, 0.25) is 0 Å². The topological polar surface area (TPSA) is 9.23 Å². The molecule has 120 valence electrons. The molecule has 1 saturated heterocycles. The van der Waals surface area contributed by atoms with Gasteiger partial charge in [0.25, 0.3) is 0 Å². The standard InChI is InChI=1S/C24H18O/c1-3-9-17(10-4-1)23-19-13-7-8-14-20(19)24(25-23,18-11-5-2-6-12-18)22-15-21(22,23)16-22/h1-14H,15-16H2/t21?,22?,23-,24+. The van der Waals surface area contributed by atoms with Crippen LogP contribution in [0.2, 0.25) is 0 Å². The van der Waals surface area contributed by atoms with Crippen molar-refractivity contribution in [2.75, 3.05) is 0 Å². The second kappa shape index (κ2) is 3.59. The molecule has 2 aliphatic carbocycles. The van der Waals surface area contributed by atoms with Crippen LogP contribution in [-0.2, 0) is 15.9 Å². The Bertz CT molecular complexity index is 949. The van der Waals surface area contributed by atoms with E-state index >= 15 is 0 Å². The first-order valence-corrected chi connectivity index (χ1v) is 9.22. The molecule has 0 unspecified atom stereocenters. The summed E-state index contributed by atoms with van der Waals surface area (Å²) in [5.41, 5.74) is 5.55. The SMILES string of the molecule is c1ccc([C@@]23O[C@@](c4ccccc4)(c4ccccc42)C24CC23C4)cc1. The summed E-state index contributed by atoms with van der Waals surface area (Å²) in [5.74, 6) is 0. The van der Waals surface area contributed by atoms with Crippen LogP contribution in [-0.4, -0.2) is 0 Å². The lowest BCUT2D eigenvalue weighted by Gasteiger charge is -2.38. The lowest BCUT2D eigenvalue weighted by atomic mass is 9.72. The Morgan fingerprint density at radius 3 is 1.36 bits per heavy atom. The molecule has 1 nitrogen and oxygen atoms in total. The average Bonchev–Trinajstić information content (AvgIpc) is 3.48. The van der Waals surface area contributed by atoms with Crippen molar-refractivity contribution in [2.24, 2.45) is 10.8 Å². The van der Waals surface area contributed by atoms with Crippen LogP contribution in [0, 0.1) is 10.8 Å². The zero-order valence-electron chi connectivity index (χ0n) is 13.9. The first kappa shape index (κ1) is 12.9. The normalized spacial score (nSPS) is 41.0. The van der Waals surface area contributed by atoms with E-state index in [1.54, 1.807) is 0 Å². The minimum Gasteiger partial charge on any atom is -0.348 e. The largest absolute Gasteiger partial charge is 0.348 e. The van der Waals surface area contributed by atoms with Gasteiger partial charge in [-0.1, -0.05) is 84.9 Å². The summed E-state index contributed by atoms with van der Waals surface area (Å²) in [7, 11) is 0. The highest BCUT2D eigenvalue weighted by Crippen LogP contribution is 3.05. The number of fused-ring (bicyclic) bond motifs is 5. The highest BCUT2D eigenvalue weighted by Gasteiger charge is 3.04. The molecule has 2 atom stereocenters. The molecule has 3 fully saturated rings. The zero-order valence-corrected chi connectivity index (χ0v) is 13.9. The van der Waals surface area contributed by atoms with E-state index in [0.29, 0.717) is 10.8 Å². The number of hydrogen-bond acceptors (Lipinski definition) is 1. The predicted octanol–water partition coefficient (Wildman–Crippen LogP) is 5.00. The molecular weight excluding hydrogens is 304 g/mol. The van der Waals surface area contributed by atoms with E-state index in [4.69, 9.17) is 4.74 Å². The van der Waals surface area contributed by atoms with Crippen LogP contribution in [0.25, 0.3) is 0 Å². The molecule has 2 aliphatic heterocycles. The Hall–Kier alpha value is -2.38. The molecule has 0 radical (unpaired) electrons. The molecule has 2 bridgehead atoms. The minimum absolute atomic E-state index is 0.263. The molecule has 0 aromatic heterocycles. The summed E-state index contributed by atoms with van der Waals surface area (Å²) in [4.78, 5) is 0. The fraction of sp³-hybridized carbons (Fsp3) is 0.250. The highest BCUT2D eigenvalue weighted by molar-refractivity contribution is 5.70. The smallest absolute Gasteiger partial charge is 0.126 e. The Labute approximate surface area is 147 Å². The van der Waals surface area contributed by atoms with Gasteiger partial charge in [-0.2, -0.15) is 0 Å². The van der Waals surface area contributed by atoms with E-state index in [0.717, 1.165) is 0 Å². The van der Waals surface area contributed by atoms with Crippen LogP contribution in [0.15, 0.2) is 84.9 Å². The summed E-state index contributed by atoms with van der Waals surface area (Å²) < 4.78 is 7.20. The Kier molecular flexibility index (Phi) is 1.85. The first-order valence-electron chi connectivity index (χ1n) is 9.22. The second-order valence-corrected chi connectivity index (χ2v) is 8.26. The number of ether oxygens (including phenoxy) is 1. The third kappa shape index (κ3) is 1.04. The van der Waals surface area contributed by atoms with Gasteiger partial charge in [0.1, 0.15) is 11.2 Å². The molecule has 4 aliphatic rings. The summed E-state index contributed by atoms with van der Waals surface area (Å²) >= 11 is 0. The molecule has 2 saturated carbocycles. The van der Waals surface area contributed by atoms with E-state index in [1.165, 1.54) is 35.1 Å². The van der Waals surface area contributed by atoms with Gasteiger partial charge in [-0.15, -0.1) is 0 Å². The molecule has 2 heterocycles. The predicted molar refractivity (Wildman–Crippen MR) is 96.1 cm³/mol. The van der Waals surface area contributed by atoms with Crippen LogP contribution < -0.4 is 0 Å². The van der Waals surface area contributed by atoms with Crippen molar-refractivity contribution in [1.82, 2.24) is 0 Å². The van der Waals surface area contributed by atoms with Crippen molar-refractivity contribution in [3.8, 4) is 0 Å². The maximum absolute atomic E-state index is 7.20.